The maximum atomic E-state index is 12.9. The monoisotopic (exact) mass is 362 g/mol. The smallest absolute Gasteiger partial charge is 0.230 e. The Bertz CT molecular complexity index is 710. The van der Waals surface area contributed by atoms with Crippen LogP contribution in [0.1, 0.15) is 49.5 Å². The first-order valence-electron chi connectivity index (χ1n) is 8.69. The second-order valence-electron chi connectivity index (χ2n) is 6.38. The number of halogens is 1. The van der Waals surface area contributed by atoms with Crippen LogP contribution in [0.2, 0.25) is 0 Å². The Labute approximate surface area is 151 Å². The van der Waals surface area contributed by atoms with Gasteiger partial charge in [0.2, 0.25) is 5.91 Å². The fourth-order valence-electron chi connectivity index (χ4n) is 3.19. The van der Waals surface area contributed by atoms with Gasteiger partial charge in [0, 0.05) is 12.6 Å². The summed E-state index contributed by atoms with van der Waals surface area (Å²) in [5.41, 5.74) is 0.876. The van der Waals surface area contributed by atoms with E-state index >= 15 is 0 Å². The van der Waals surface area contributed by atoms with Crippen LogP contribution in [0.3, 0.4) is 0 Å². The quantitative estimate of drug-likeness (QED) is 0.797. The lowest BCUT2D eigenvalue weighted by Crippen LogP contribution is -2.25. The average Bonchev–Trinajstić information content (AvgIpc) is 3.01. The second kappa shape index (κ2) is 8.47. The Balaban J connectivity index is 1.52. The molecular formula is C18H23FN4OS. The summed E-state index contributed by atoms with van der Waals surface area (Å²) in [6.45, 7) is 2.37. The Kier molecular flexibility index (Phi) is 6.07. The molecule has 1 aliphatic carbocycles. The third-order valence-electron chi connectivity index (χ3n) is 4.51. The van der Waals surface area contributed by atoms with Crippen molar-refractivity contribution in [3.05, 3.63) is 41.5 Å². The molecule has 5 nitrogen and oxygen atoms in total. The number of benzene rings is 1. The molecule has 0 aliphatic heterocycles. The van der Waals surface area contributed by atoms with Gasteiger partial charge in [-0.2, -0.15) is 0 Å². The molecule has 0 bridgehead atoms. The predicted molar refractivity (Wildman–Crippen MR) is 95.9 cm³/mol. The summed E-state index contributed by atoms with van der Waals surface area (Å²) in [7, 11) is 0. The molecule has 1 heterocycles. The summed E-state index contributed by atoms with van der Waals surface area (Å²) in [6, 6.07) is 6.59. The topological polar surface area (TPSA) is 59.8 Å². The van der Waals surface area contributed by atoms with Crippen LogP contribution in [0.5, 0.6) is 0 Å². The van der Waals surface area contributed by atoms with E-state index in [-0.39, 0.29) is 11.7 Å². The Hall–Kier alpha value is -1.89. The van der Waals surface area contributed by atoms with Gasteiger partial charge in [0.25, 0.3) is 0 Å². The molecule has 1 amide bonds. The van der Waals surface area contributed by atoms with Crippen molar-refractivity contribution in [1.82, 2.24) is 20.1 Å². The number of carbonyl (C=O) groups excluding carboxylic acids is 1. The zero-order valence-electron chi connectivity index (χ0n) is 14.4. The minimum Gasteiger partial charge on any atom is -0.351 e. The van der Waals surface area contributed by atoms with Crippen LogP contribution >= 0.6 is 11.8 Å². The second-order valence-corrected chi connectivity index (χ2v) is 7.33. The normalized spacial score (nSPS) is 15.3. The number of rotatable bonds is 6. The summed E-state index contributed by atoms with van der Waals surface area (Å²) in [4.78, 5) is 12.1. The van der Waals surface area contributed by atoms with E-state index in [2.05, 4.69) is 20.1 Å². The average molecular weight is 362 g/mol. The number of thioether (sulfide) groups is 1. The predicted octanol–water partition coefficient (Wildman–Crippen LogP) is 3.64. The van der Waals surface area contributed by atoms with Crippen molar-refractivity contribution in [2.45, 2.75) is 56.8 Å². The summed E-state index contributed by atoms with van der Waals surface area (Å²) < 4.78 is 15.1. The minimum atomic E-state index is -0.275. The molecule has 3 rings (SSSR count). The fourth-order valence-corrected chi connectivity index (χ4v) is 4.07. The van der Waals surface area contributed by atoms with Crippen molar-refractivity contribution >= 4 is 17.7 Å². The maximum Gasteiger partial charge on any atom is 0.230 e. The lowest BCUT2D eigenvalue weighted by Gasteiger charge is -2.24. The third kappa shape index (κ3) is 4.81. The van der Waals surface area contributed by atoms with Crippen molar-refractivity contribution in [1.29, 1.82) is 0 Å². The van der Waals surface area contributed by atoms with E-state index in [1.165, 1.54) is 43.2 Å². The van der Waals surface area contributed by atoms with Crippen LogP contribution in [-0.4, -0.2) is 26.4 Å². The number of aromatic nitrogens is 3. The van der Waals surface area contributed by atoms with Gasteiger partial charge in [-0.25, -0.2) is 4.39 Å². The zero-order valence-corrected chi connectivity index (χ0v) is 15.2. The highest BCUT2D eigenvalue weighted by molar-refractivity contribution is 7.99. The fraction of sp³-hybridized carbons (Fsp3) is 0.500. The van der Waals surface area contributed by atoms with Gasteiger partial charge in [-0.3, -0.25) is 4.79 Å². The van der Waals surface area contributed by atoms with Gasteiger partial charge in [-0.1, -0.05) is 43.2 Å². The zero-order chi connectivity index (χ0) is 17.6. The van der Waals surface area contributed by atoms with Crippen LogP contribution in [0, 0.1) is 12.7 Å². The molecule has 0 saturated heterocycles. The van der Waals surface area contributed by atoms with Gasteiger partial charge >= 0.3 is 0 Å². The maximum absolute atomic E-state index is 12.9. The standard InChI is InChI=1S/C18H23FN4OS/c1-13-21-22-18(23(13)16-5-3-2-4-6-16)25-12-17(24)20-11-14-7-9-15(19)10-8-14/h7-10,16H,2-6,11-12H2,1H3,(H,20,24). The van der Waals surface area contributed by atoms with Crippen molar-refractivity contribution in [3.63, 3.8) is 0 Å². The number of carbonyl (C=O) groups is 1. The van der Waals surface area contributed by atoms with Crippen LogP contribution in [0.4, 0.5) is 4.39 Å². The molecule has 0 atom stereocenters. The minimum absolute atomic E-state index is 0.0647. The van der Waals surface area contributed by atoms with Crippen molar-refractivity contribution in [3.8, 4) is 0 Å². The van der Waals surface area contributed by atoms with E-state index in [0.717, 1.165) is 29.4 Å². The Morgan fingerprint density at radius 2 is 1.96 bits per heavy atom. The molecule has 0 radical (unpaired) electrons. The van der Waals surface area contributed by atoms with Crippen molar-refractivity contribution < 1.29 is 9.18 Å². The first-order chi connectivity index (χ1) is 12.1. The van der Waals surface area contributed by atoms with Gasteiger partial charge in [0.1, 0.15) is 11.6 Å². The summed E-state index contributed by atoms with van der Waals surface area (Å²) in [5, 5.41) is 12.1. The molecule has 1 N–H and O–H groups in total. The van der Waals surface area contributed by atoms with Crippen molar-refractivity contribution in [2.75, 3.05) is 5.75 Å². The molecule has 1 saturated carbocycles. The largest absolute Gasteiger partial charge is 0.351 e. The molecule has 0 unspecified atom stereocenters. The molecule has 2 aromatic rings. The highest BCUT2D eigenvalue weighted by atomic mass is 32.2. The summed E-state index contributed by atoms with van der Waals surface area (Å²) in [5.74, 6) is 0.876. The van der Waals surface area contributed by atoms with Gasteiger partial charge in [-0.15, -0.1) is 10.2 Å². The molecular weight excluding hydrogens is 339 g/mol. The van der Waals surface area contributed by atoms with Crippen LogP contribution in [0.15, 0.2) is 29.4 Å². The van der Waals surface area contributed by atoms with Crippen LogP contribution < -0.4 is 5.32 Å². The van der Waals surface area contributed by atoms with Gasteiger partial charge < -0.3 is 9.88 Å². The van der Waals surface area contributed by atoms with E-state index in [1.807, 2.05) is 6.92 Å². The highest BCUT2D eigenvalue weighted by Gasteiger charge is 2.21. The van der Waals surface area contributed by atoms with Crippen molar-refractivity contribution in [2.24, 2.45) is 0 Å². The first kappa shape index (κ1) is 17.9. The number of nitrogens with one attached hydrogen (secondary N) is 1. The van der Waals surface area contributed by atoms with Gasteiger partial charge in [0.15, 0.2) is 5.16 Å². The summed E-state index contributed by atoms with van der Waals surface area (Å²) >= 11 is 1.42. The number of hydrogen-bond acceptors (Lipinski definition) is 4. The third-order valence-corrected chi connectivity index (χ3v) is 5.45. The van der Waals surface area contributed by atoms with E-state index in [4.69, 9.17) is 0 Å². The van der Waals surface area contributed by atoms with E-state index in [1.54, 1.807) is 12.1 Å². The van der Waals surface area contributed by atoms with E-state index in [0.29, 0.717) is 18.3 Å². The summed E-state index contributed by atoms with van der Waals surface area (Å²) in [6.07, 6.45) is 6.09. The SMILES string of the molecule is Cc1nnc(SCC(=O)NCc2ccc(F)cc2)n1C1CCCCC1. The number of amides is 1. The molecule has 1 aliphatic rings. The number of aryl methyl sites for hydroxylation is 1. The lowest BCUT2D eigenvalue weighted by atomic mass is 9.95. The number of hydrogen-bond donors (Lipinski definition) is 1. The molecule has 1 fully saturated rings. The van der Waals surface area contributed by atoms with E-state index < -0.39 is 0 Å². The molecule has 7 heteroatoms. The molecule has 1 aromatic carbocycles. The molecule has 0 spiro atoms. The Morgan fingerprint density at radius 3 is 2.68 bits per heavy atom. The first-order valence-corrected chi connectivity index (χ1v) is 9.67. The van der Waals surface area contributed by atoms with Gasteiger partial charge in [0.05, 0.1) is 5.75 Å². The molecule has 134 valence electrons. The lowest BCUT2D eigenvalue weighted by molar-refractivity contribution is -0.118. The van der Waals surface area contributed by atoms with E-state index in [9.17, 15) is 9.18 Å². The van der Waals surface area contributed by atoms with Crippen LogP contribution in [-0.2, 0) is 11.3 Å². The van der Waals surface area contributed by atoms with Gasteiger partial charge in [-0.05, 0) is 37.5 Å². The number of nitrogens with zero attached hydrogens (tertiary/aromatic N) is 3. The Morgan fingerprint density at radius 1 is 1.24 bits per heavy atom. The molecule has 1 aromatic heterocycles. The molecule has 25 heavy (non-hydrogen) atoms. The van der Waals surface area contributed by atoms with Crippen LogP contribution in [0.25, 0.3) is 0 Å². The highest BCUT2D eigenvalue weighted by Crippen LogP contribution is 2.32.